The van der Waals surface area contributed by atoms with E-state index in [0.717, 1.165) is 6.07 Å². The van der Waals surface area contributed by atoms with E-state index in [4.69, 9.17) is 14.2 Å². The molecule has 2 aromatic rings. The molecule has 1 unspecified atom stereocenters. The van der Waals surface area contributed by atoms with Crippen LogP contribution >= 0.6 is 0 Å². The number of hydrogen-bond donors (Lipinski definition) is 1. The third-order valence-corrected chi connectivity index (χ3v) is 8.25. The van der Waals surface area contributed by atoms with E-state index in [2.05, 4.69) is 10.3 Å². The van der Waals surface area contributed by atoms with Gasteiger partial charge in [-0.25, -0.2) is 18.3 Å². The summed E-state index contributed by atoms with van der Waals surface area (Å²) < 4.78 is 46.3. The predicted molar refractivity (Wildman–Crippen MR) is 170 cm³/mol. The van der Waals surface area contributed by atoms with Gasteiger partial charge in [0.05, 0.1) is 30.5 Å². The average molecular weight is 665 g/mol. The fourth-order valence-electron chi connectivity index (χ4n) is 6.19. The molecule has 4 rings (SSSR count). The van der Waals surface area contributed by atoms with Gasteiger partial charge in [-0.1, -0.05) is 19.1 Å². The molecule has 2 aliphatic rings. The lowest BCUT2D eigenvalue weighted by Crippen LogP contribution is -2.58. The molecule has 3 atom stereocenters. The summed E-state index contributed by atoms with van der Waals surface area (Å²) in [6.45, 7) is 12.6. The normalized spacial score (nSPS) is 19.8. The molecule has 0 aliphatic carbocycles. The van der Waals surface area contributed by atoms with Crippen LogP contribution in [0.3, 0.4) is 0 Å². The zero-order valence-electron chi connectivity index (χ0n) is 28.5. The Morgan fingerprint density at radius 2 is 1.77 bits per heavy atom. The lowest BCUT2D eigenvalue weighted by atomic mass is 9.91. The number of unbranched alkanes of at least 4 members (excludes halogenated alkanes) is 1. The molecule has 3 heterocycles. The highest BCUT2D eigenvalue weighted by atomic mass is 19.1. The maximum Gasteiger partial charge on any atom is 0.410 e. The number of nitrogens with zero attached hydrogens (tertiary/aromatic N) is 6. The van der Waals surface area contributed by atoms with Crippen molar-refractivity contribution in [1.82, 2.24) is 29.7 Å². The van der Waals surface area contributed by atoms with Gasteiger partial charge in [-0.05, 0) is 64.5 Å². The van der Waals surface area contributed by atoms with E-state index in [1.54, 1.807) is 37.7 Å². The molecule has 47 heavy (non-hydrogen) atoms. The van der Waals surface area contributed by atoms with Crippen LogP contribution in [0.4, 0.5) is 13.6 Å². The summed E-state index contributed by atoms with van der Waals surface area (Å²) in [5.74, 6) is -2.02. The molecule has 2 saturated heterocycles. The molecule has 1 aromatic heterocycles. The number of benzene rings is 1. The van der Waals surface area contributed by atoms with Gasteiger partial charge in [0.2, 0.25) is 5.91 Å². The van der Waals surface area contributed by atoms with Crippen LogP contribution in [0.5, 0.6) is 0 Å². The molecule has 0 bridgehead atoms. The molecule has 2 fully saturated rings. The maximum absolute atomic E-state index is 14.3. The lowest BCUT2D eigenvalue weighted by molar-refractivity contribution is -0.144. The molecule has 1 aromatic carbocycles. The summed E-state index contributed by atoms with van der Waals surface area (Å²) in [5, 5.41) is 20.7. The second kappa shape index (κ2) is 16.3. The minimum absolute atomic E-state index is 0.0662. The highest BCUT2D eigenvalue weighted by Gasteiger charge is 2.42. The Kier molecular flexibility index (Phi) is 12.7. The Morgan fingerprint density at radius 1 is 1.09 bits per heavy atom. The van der Waals surface area contributed by atoms with Gasteiger partial charge in [0.25, 0.3) is 0 Å². The molecular formula is C33H50F2N6O6. The van der Waals surface area contributed by atoms with E-state index in [9.17, 15) is 23.5 Å². The molecule has 0 spiro atoms. The Balaban J connectivity index is 1.71. The van der Waals surface area contributed by atoms with E-state index in [0.29, 0.717) is 70.8 Å². The number of aliphatic hydroxyl groups is 1. The second-order valence-electron chi connectivity index (χ2n) is 13.8. The SMILES string of the molecule is COCCCCc1c(C(O)N(CC(C)C)[C@H]2C[C@@H](C(=O)N3CCOCC3)CN(C(=O)OC(C)(C)C)C2)nnn1-c1cc(F)cc(F)c1. The molecule has 12 nitrogen and oxygen atoms in total. The third kappa shape index (κ3) is 9.91. The summed E-state index contributed by atoms with van der Waals surface area (Å²) in [7, 11) is 1.61. The molecule has 0 radical (unpaired) electrons. The number of carbonyl (C=O) groups is 2. The van der Waals surface area contributed by atoms with Gasteiger partial charge in [0.1, 0.15) is 22.9 Å². The van der Waals surface area contributed by atoms with Crippen molar-refractivity contribution in [3.05, 3.63) is 41.2 Å². The number of carbonyl (C=O) groups excluding carboxylic acids is 2. The first kappa shape index (κ1) is 36.6. The van der Waals surface area contributed by atoms with Crippen LogP contribution in [0.25, 0.3) is 5.69 Å². The molecule has 14 heteroatoms. The van der Waals surface area contributed by atoms with Crippen LogP contribution < -0.4 is 0 Å². The highest BCUT2D eigenvalue weighted by molar-refractivity contribution is 5.80. The van der Waals surface area contributed by atoms with E-state index in [-0.39, 0.29) is 36.3 Å². The number of methoxy groups -OCH3 is 1. The van der Waals surface area contributed by atoms with Crippen molar-refractivity contribution >= 4 is 12.0 Å². The Bertz CT molecular complexity index is 1330. The maximum atomic E-state index is 14.3. The van der Waals surface area contributed by atoms with Gasteiger partial charge in [-0.15, -0.1) is 5.10 Å². The number of amides is 2. The highest BCUT2D eigenvalue weighted by Crippen LogP contribution is 2.32. The fraction of sp³-hybridized carbons (Fsp3) is 0.697. The monoisotopic (exact) mass is 664 g/mol. The van der Waals surface area contributed by atoms with Gasteiger partial charge in [0, 0.05) is 58.5 Å². The van der Waals surface area contributed by atoms with Crippen LogP contribution in [0.15, 0.2) is 18.2 Å². The quantitative estimate of drug-likeness (QED) is 0.266. The van der Waals surface area contributed by atoms with Crippen LogP contribution in [-0.2, 0) is 25.4 Å². The van der Waals surface area contributed by atoms with E-state index in [1.807, 2.05) is 18.7 Å². The summed E-state index contributed by atoms with van der Waals surface area (Å²) in [5.41, 5.74) is 0.166. The van der Waals surface area contributed by atoms with Crippen LogP contribution in [0, 0.1) is 23.5 Å². The number of aliphatic hydroxyl groups excluding tert-OH is 1. The predicted octanol–water partition coefficient (Wildman–Crippen LogP) is 3.95. The van der Waals surface area contributed by atoms with Crippen molar-refractivity contribution in [3.63, 3.8) is 0 Å². The van der Waals surface area contributed by atoms with Crippen molar-refractivity contribution in [1.29, 1.82) is 0 Å². The molecule has 262 valence electrons. The van der Waals surface area contributed by atoms with Gasteiger partial charge in [0.15, 0.2) is 6.23 Å². The van der Waals surface area contributed by atoms with Crippen molar-refractivity contribution in [2.75, 3.05) is 59.7 Å². The van der Waals surface area contributed by atoms with Crippen molar-refractivity contribution in [2.24, 2.45) is 11.8 Å². The fourth-order valence-corrected chi connectivity index (χ4v) is 6.19. The van der Waals surface area contributed by atoms with Crippen LogP contribution in [0.2, 0.25) is 0 Å². The van der Waals surface area contributed by atoms with Crippen LogP contribution in [-0.4, -0.2) is 118 Å². The van der Waals surface area contributed by atoms with Gasteiger partial charge < -0.3 is 29.1 Å². The van der Waals surface area contributed by atoms with Crippen LogP contribution in [0.1, 0.15) is 71.5 Å². The zero-order valence-corrected chi connectivity index (χ0v) is 28.5. The Hall–Kier alpha value is -3.20. The van der Waals surface area contributed by atoms with E-state index in [1.165, 1.54) is 16.8 Å². The summed E-state index contributed by atoms with van der Waals surface area (Å²) in [6, 6.07) is 2.68. The summed E-state index contributed by atoms with van der Waals surface area (Å²) in [6.07, 6.45) is 0.344. The summed E-state index contributed by atoms with van der Waals surface area (Å²) >= 11 is 0. The Labute approximate surface area is 275 Å². The molecule has 2 aliphatic heterocycles. The number of halogens is 2. The standard InChI is InChI=1S/C33H50F2N6O6/c1-22(2)19-40(27-15-23(30(42)38-10-13-46-14-11-38)20-39(21-27)32(44)47-33(3,4)5)31(43)29-28(9-7-8-12-45-6)41(37-36-29)26-17-24(34)16-25(35)18-26/h16-18,22-23,27,31,43H,7-15,19-21H2,1-6H3/t23-,27+,31?/m1/s1. The smallest absolute Gasteiger partial charge is 0.410 e. The van der Waals surface area contributed by atoms with Gasteiger partial charge in [-0.3, -0.25) is 9.69 Å². The van der Waals surface area contributed by atoms with Crippen molar-refractivity contribution in [2.45, 2.75) is 78.2 Å². The molecule has 2 amide bonds. The first-order valence-corrected chi connectivity index (χ1v) is 16.5. The average Bonchev–Trinajstić information content (AvgIpc) is 3.44. The minimum atomic E-state index is -1.29. The number of morpholine rings is 1. The number of ether oxygens (including phenoxy) is 3. The minimum Gasteiger partial charge on any atom is -0.444 e. The van der Waals surface area contributed by atoms with Gasteiger partial charge >= 0.3 is 6.09 Å². The largest absolute Gasteiger partial charge is 0.444 e. The van der Waals surface area contributed by atoms with E-state index < -0.39 is 41.5 Å². The Morgan fingerprint density at radius 3 is 2.38 bits per heavy atom. The number of rotatable bonds is 12. The van der Waals surface area contributed by atoms with Crippen molar-refractivity contribution < 1.29 is 37.7 Å². The van der Waals surface area contributed by atoms with Crippen molar-refractivity contribution in [3.8, 4) is 5.69 Å². The first-order chi connectivity index (χ1) is 22.3. The van der Waals surface area contributed by atoms with Gasteiger partial charge in [-0.2, -0.15) is 0 Å². The second-order valence-corrected chi connectivity index (χ2v) is 13.8. The lowest BCUT2D eigenvalue weighted by Gasteiger charge is -2.45. The first-order valence-electron chi connectivity index (χ1n) is 16.5. The van der Waals surface area contributed by atoms with E-state index >= 15 is 0 Å². The zero-order chi connectivity index (χ0) is 34.3. The number of likely N-dealkylation sites (tertiary alicyclic amines) is 1. The third-order valence-electron chi connectivity index (χ3n) is 8.25. The molecule has 1 N–H and O–H groups in total. The molecular weight excluding hydrogens is 614 g/mol. The molecule has 0 saturated carbocycles. The number of piperidine rings is 1. The number of aromatic nitrogens is 3. The summed E-state index contributed by atoms with van der Waals surface area (Å²) in [4.78, 5) is 32.4. The number of hydrogen-bond acceptors (Lipinski definition) is 9. The topological polar surface area (TPSA) is 122 Å².